The molecule has 0 saturated carbocycles. The summed E-state index contributed by atoms with van der Waals surface area (Å²) in [4.78, 5) is 16.2. The topological polar surface area (TPSA) is 44.8 Å². The van der Waals surface area contributed by atoms with E-state index in [2.05, 4.69) is 36.1 Å². The maximum Gasteiger partial charge on any atom is 0.327 e. The lowest BCUT2D eigenvalue weighted by atomic mass is 10.0. The Bertz CT molecular complexity index is 246. The summed E-state index contributed by atoms with van der Waals surface area (Å²) in [5.41, 5.74) is -0.636. The van der Waals surface area contributed by atoms with E-state index in [4.69, 9.17) is 4.74 Å². The lowest BCUT2D eigenvalue weighted by molar-refractivity contribution is -0.148. The molecule has 0 amide bonds. The highest BCUT2D eigenvalue weighted by Crippen LogP contribution is 2.09. The molecule has 0 saturated heterocycles. The van der Waals surface area contributed by atoms with Crippen molar-refractivity contribution in [3.05, 3.63) is 0 Å². The summed E-state index contributed by atoms with van der Waals surface area (Å²) >= 11 is 0. The molecule has 0 spiro atoms. The standard InChI is InChI=1S/C13H29N3O2/c1-7-16(10-8-9-15(4)5)11-13(2,14-3)12(17)18-6/h14H,7-11H2,1-6H3. The number of esters is 1. The van der Waals surface area contributed by atoms with E-state index in [0.29, 0.717) is 6.54 Å². The first-order valence-corrected chi connectivity index (χ1v) is 6.54. The molecule has 0 bridgehead atoms. The van der Waals surface area contributed by atoms with Crippen LogP contribution in [-0.4, -0.2) is 75.7 Å². The van der Waals surface area contributed by atoms with E-state index in [0.717, 1.165) is 26.1 Å². The van der Waals surface area contributed by atoms with Gasteiger partial charge in [0, 0.05) is 6.54 Å². The van der Waals surface area contributed by atoms with E-state index in [-0.39, 0.29) is 5.97 Å². The summed E-state index contributed by atoms with van der Waals surface area (Å²) in [5, 5.41) is 3.07. The molecule has 0 rings (SSSR count). The summed E-state index contributed by atoms with van der Waals surface area (Å²) in [6.45, 7) is 7.65. The molecular weight excluding hydrogens is 230 g/mol. The van der Waals surface area contributed by atoms with Crippen molar-refractivity contribution in [2.75, 3.05) is 54.4 Å². The molecule has 5 nitrogen and oxygen atoms in total. The van der Waals surface area contributed by atoms with Crippen LogP contribution in [0.1, 0.15) is 20.3 Å². The summed E-state index contributed by atoms with van der Waals surface area (Å²) in [5.74, 6) is -0.212. The minimum atomic E-state index is -0.636. The van der Waals surface area contributed by atoms with Crippen molar-refractivity contribution < 1.29 is 9.53 Å². The van der Waals surface area contributed by atoms with Gasteiger partial charge < -0.3 is 19.9 Å². The Morgan fingerprint density at radius 3 is 2.33 bits per heavy atom. The molecule has 0 aliphatic carbocycles. The van der Waals surface area contributed by atoms with Gasteiger partial charge in [-0.3, -0.25) is 4.79 Å². The molecule has 0 aromatic carbocycles. The van der Waals surface area contributed by atoms with Crippen molar-refractivity contribution in [1.82, 2.24) is 15.1 Å². The second-order valence-electron chi connectivity index (χ2n) is 5.10. The Morgan fingerprint density at radius 1 is 1.33 bits per heavy atom. The van der Waals surface area contributed by atoms with Crippen molar-refractivity contribution in [2.45, 2.75) is 25.8 Å². The predicted octanol–water partition coefficient (Wildman–Crippen LogP) is 0.411. The van der Waals surface area contributed by atoms with Gasteiger partial charge in [0.05, 0.1) is 7.11 Å². The van der Waals surface area contributed by atoms with Crippen LogP contribution in [-0.2, 0) is 9.53 Å². The number of hydrogen-bond acceptors (Lipinski definition) is 5. The van der Waals surface area contributed by atoms with Gasteiger partial charge in [-0.1, -0.05) is 6.92 Å². The van der Waals surface area contributed by atoms with Crippen molar-refractivity contribution in [3.63, 3.8) is 0 Å². The number of methoxy groups -OCH3 is 1. The molecule has 0 radical (unpaired) electrons. The Labute approximate surface area is 111 Å². The smallest absolute Gasteiger partial charge is 0.327 e. The molecule has 0 heterocycles. The van der Waals surface area contributed by atoms with Gasteiger partial charge in [0.2, 0.25) is 0 Å². The maximum atomic E-state index is 11.8. The van der Waals surface area contributed by atoms with E-state index in [9.17, 15) is 4.79 Å². The lowest BCUT2D eigenvalue weighted by Crippen LogP contribution is -2.56. The van der Waals surface area contributed by atoms with Gasteiger partial charge in [-0.05, 0) is 54.1 Å². The molecule has 0 aromatic heterocycles. The van der Waals surface area contributed by atoms with E-state index in [1.165, 1.54) is 7.11 Å². The fourth-order valence-corrected chi connectivity index (χ4v) is 1.88. The molecule has 0 aromatic rings. The number of carbonyl (C=O) groups excluding carboxylic acids is 1. The van der Waals surface area contributed by atoms with Crippen LogP contribution in [0, 0.1) is 0 Å². The van der Waals surface area contributed by atoms with Gasteiger partial charge in [0.1, 0.15) is 5.54 Å². The molecule has 5 heteroatoms. The third kappa shape index (κ3) is 5.80. The summed E-state index contributed by atoms with van der Waals surface area (Å²) in [6, 6.07) is 0. The summed E-state index contributed by atoms with van der Waals surface area (Å²) < 4.78 is 4.86. The van der Waals surface area contributed by atoms with E-state index in [1.807, 2.05) is 6.92 Å². The van der Waals surface area contributed by atoms with Gasteiger partial charge in [0.25, 0.3) is 0 Å². The second-order valence-corrected chi connectivity index (χ2v) is 5.10. The normalized spacial score (nSPS) is 14.9. The van der Waals surface area contributed by atoms with Crippen LogP contribution in [0.4, 0.5) is 0 Å². The number of rotatable bonds is 9. The van der Waals surface area contributed by atoms with Crippen molar-refractivity contribution in [2.24, 2.45) is 0 Å². The van der Waals surface area contributed by atoms with Crippen LogP contribution in [0.5, 0.6) is 0 Å². The minimum absolute atomic E-state index is 0.212. The van der Waals surface area contributed by atoms with Gasteiger partial charge in [-0.2, -0.15) is 0 Å². The largest absolute Gasteiger partial charge is 0.468 e. The third-order valence-electron chi connectivity index (χ3n) is 3.25. The first-order chi connectivity index (χ1) is 8.39. The molecule has 1 N–H and O–H groups in total. The number of carbonyl (C=O) groups is 1. The van der Waals surface area contributed by atoms with Crippen LogP contribution in [0.15, 0.2) is 0 Å². The highest BCUT2D eigenvalue weighted by Gasteiger charge is 2.34. The summed E-state index contributed by atoms with van der Waals surface area (Å²) in [6.07, 6.45) is 1.10. The zero-order valence-corrected chi connectivity index (χ0v) is 12.7. The van der Waals surface area contributed by atoms with Gasteiger partial charge >= 0.3 is 5.97 Å². The van der Waals surface area contributed by atoms with E-state index >= 15 is 0 Å². The fraction of sp³-hybridized carbons (Fsp3) is 0.923. The van der Waals surface area contributed by atoms with Crippen LogP contribution in [0.2, 0.25) is 0 Å². The van der Waals surface area contributed by atoms with Crippen molar-refractivity contribution in [3.8, 4) is 0 Å². The monoisotopic (exact) mass is 259 g/mol. The average Bonchev–Trinajstić information content (AvgIpc) is 2.35. The Kier molecular flexibility index (Phi) is 8.15. The highest BCUT2D eigenvalue weighted by molar-refractivity contribution is 5.80. The Balaban J connectivity index is 4.35. The Hall–Kier alpha value is -0.650. The molecule has 108 valence electrons. The number of ether oxygens (including phenoxy) is 1. The number of nitrogens with one attached hydrogen (secondary N) is 1. The minimum Gasteiger partial charge on any atom is -0.468 e. The quantitative estimate of drug-likeness (QED) is 0.608. The number of hydrogen-bond donors (Lipinski definition) is 1. The first-order valence-electron chi connectivity index (χ1n) is 6.54. The van der Waals surface area contributed by atoms with Crippen LogP contribution >= 0.6 is 0 Å². The molecule has 0 aliphatic rings. The first kappa shape index (κ1) is 17.4. The van der Waals surface area contributed by atoms with Gasteiger partial charge in [0.15, 0.2) is 0 Å². The van der Waals surface area contributed by atoms with Crippen molar-refractivity contribution in [1.29, 1.82) is 0 Å². The molecule has 0 fully saturated rings. The molecule has 18 heavy (non-hydrogen) atoms. The van der Waals surface area contributed by atoms with Crippen LogP contribution in [0.3, 0.4) is 0 Å². The predicted molar refractivity (Wildman–Crippen MR) is 74.8 cm³/mol. The fourth-order valence-electron chi connectivity index (χ4n) is 1.88. The SMILES string of the molecule is CCN(CCCN(C)C)CC(C)(NC)C(=O)OC. The molecule has 1 unspecified atom stereocenters. The van der Waals surface area contributed by atoms with Gasteiger partial charge in [-0.25, -0.2) is 0 Å². The molecular formula is C13H29N3O2. The molecule has 0 aliphatic heterocycles. The number of likely N-dealkylation sites (N-methyl/N-ethyl adjacent to an activating group) is 2. The van der Waals surface area contributed by atoms with Crippen LogP contribution in [0.25, 0.3) is 0 Å². The van der Waals surface area contributed by atoms with E-state index < -0.39 is 5.54 Å². The Morgan fingerprint density at radius 2 is 1.94 bits per heavy atom. The highest BCUT2D eigenvalue weighted by atomic mass is 16.5. The van der Waals surface area contributed by atoms with Gasteiger partial charge in [-0.15, -0.1) is 0 Å². The lowest BCUT2D eigenvalue weighted by Gasteiger charge is -2.32. The maximum absolute atomic E-state index is 11.8. The molecule has 1 atom stereocenters. The third-order valence-corrected chi connectivity index (χ3v) is 3.25. The van der Waals surface area contributed by atoms with Crippen LogP contribution < -0.4 is 5.32 Å². The second kappa shape index (κ2) is 8.45. The zero-order valence-electron chi connectivity index (χ0n) is 12.7. The zero-order chi connectivity index (χ0) is 14.2. The van der Waals surface area contributed by atoms with Crippen molar-refractivity contribution >= 4 is 5.97 Å². The summed E-state index contributed by atoms with van der Waals surface area (Å²) in [7, 11) is 7.37. The number of nitrogens with zero attached hydrogens (tertiary/aromatic N) is 2. The average molecular weight is 259 g/mol. The van der Waals surface area contributed by atoms with E-state index in [1.54, 1.807) is 7.05 Å².